The van der Waals surface area contributed by atoms with Crippen LogP contribution in [0.1, 0.15) is 5.56 Å². The van der Waals surface area contributed by atoms with Gasteiger partial charge in [0.2, 0.25) is 0 Å². The fourth-order valence-electron chi connectivity index (χ4n) is 0.930. The Hall–Kier alpha value is -0.293. The van der Waals surface area contributed by atoms with Crippen LogP contribution in [0.15, 0.2) is 18.2 Å². The van der Waals surface area contributed by atoms with Crippen LogP contribution >= 0.6 is 0 Å². The summed E-state index contributed by atoms with van der Waals surface area (Å²) < 4.78 is 13.5. The van der Waals surface area contributed by atoms with Crippen molar-refractivity contribution in [3.63, 3.8) is 0 Å². The zero-order valence-electron chi connectivity index (χ0n) is 5.89. The topological polar surface area (TPSA) is 26.0 Å². The minimum absolute atomic E-state index is 0.208. The third-order valence-electron chi connectivity index (χ3n) is 1.34. The minimum atomic E-state index is -0.208. The van der Waals surface area contributed by atoms with Crippen LogP contribution in [-0.4, -0.2) is 17.7 Å². The van der Waals surface area contributed by atoms with E-state index in [-0.39, 0.29) is 5.82 Å². The number of hydrogen-bond donors (Lipinski definition) is 1. The third kappa shape index (κ3) is 1.85. The van der Waals surface area contributed by atoms with Crippen LogP contribution in [0.5, 0.6) is 0 Å². The van der Waals surface area contributed by atoms with Crippen LogP contribution in [0.25, 0.3) is 0 Å². The summed E-state index contributed by atoms with van der Waals surface area (Å²) in [5, 5.41) is 0. The second kappa shape index (κ2) is 3.20. The number of hydrogen-bond acceptors (Lipinski definition) is 1. The van der Waals surface area contributed by atoms with Crippen LogP contribution in [0, 0.1) is 5.82 Å². The molecule has 10 heavy (non-hydrogen) atoms. The molecular formula is C7H7FLiN. The summed E-state index contributed by atoms with van der Waals surface area (Å²) in [4.78, 5) is 0. The van der Waals surface area contributed by atoms with Crippen molar-refractivity contribution in [3.8, 4) is 0 Å². The molecule has 0 aliphatic heterocycles. The number of nitrogens with two attached hydrogens (primary N) is 1. The summed E-state index contributed by atoms with van der Waals surface area (Å²) in [6.45, 7) is 0.401. The van der Waals surface area contributed by atoms with Crippen molar-refractivity contribution in [1.82, 2.24) is 0 Å². The quantitative estimate of drug-likeness (QED) is 0.536. The molecule has 0 amide bonds. The zero-order chi connectivity index (χ0) is 7.56. The van der Waals surface area contributed by atoms with E-state index in [0.717, 1.165) is 9.80 Å². The fraction of sp³-hybridized carbons (Fsp3) is 0.143. The number of halogens is 1. The predicted octanol–water partition coefficient (Wildman–Crippen LogP) is 0.0782. The average Bonchev–Trinajstić information content (AvgIpc) is 1.85. The van der Waals surface area contributed by atoms with Crippen molar-refractivity contribution < 1.29 is 4.39 Å². The first-order valence-electron chi connectivity index (χ1n) is 3.18. The number of rotatable bonds is 1. The number of benzene rings is 1. The maximum atomic E-state index is 12.6. The zero-order valence-corrected chi connectivity index (χ0v) is 5.89. The van der Waals surface area contributed by atoms with Crippen molar-refractivity contribution in [2.75, 3.05) is 0 Å². The van der Waals surface area contributed by atoms with Gasteiger partial charge < -0.3 is 0 Å². The van der Waals surface area contributed by atoms with Crippen LogP contribution in [-0.2, 0) is 6.54 Å². The Morgan fingerprint density at radius 2 is 2.10 bits per heavy atom. The van der Waals surface area contributed by atoms with E-state index >= 15 is 0 Å². The van der Waals surface area contributed by atoms with Gasteiger partial charge in [-0.05, 0) is 0 Å². The van der Waals surface area contributed by atoms with E-state index in [9.17, 15) is 4.39 Å². The molecule has 1 aromatic carbocycles. The first-order valence-corrected chi connectivity index (χ1v) is 3.18. The molecule has 0 atom stereocenters. The monoisotopic (exact) mass is 131 g/mol. The Morgan fingerprint density at radius 3 is 2.60 bits per heavy atom. The van der Waals surface area contributed by atoms with E-state index in [1.54, 1.807) is 0 Å². The van der Waals surface area contributed by atoms with Gasteiger partial charge in [-0.15, -0.1) is 0 Å². The molecule has 0 aromatic heterocycles. The van der Waals surface area contributed by atoms with E-state index in [1.807, 2.05) is 23.8 Å². The Morgan fingerprint density at radius 1 is 1.40 bits per heavy atom. The van der Waals surface area contributed by atoms with Gasteiger partial charge in [-0.2, -0.15) is 0 Å². The first kappa shape index (κ1) is 7.81. The average molecular weight is 131 g/mol. The fourth-order valence-corrected chi connectivity index (χ4v) is 0.930. The molecule has 0 unspecified atom stereocenters. The van der Waals surface area contributed by atoms with Crippen LogP contribution in [0.4, 0.5) is 4.39 Å². The van der Waals surface area contributed by atoms with Crippen LogP contribution in [0.3, 0.4) is 0 Å². The molecule has 0 fully saturated rings. The van der Waals surface area contributed by atoms with Gasteiger partial charge in [0.1, 0.15) is 0 Å². The van der Waals surface area contributed by atoms with Crippen LogP contribution < -0.4 is 9.97 Å². The van der Waals surface area contributed by atoms with Crippen molar-refractivity contribution in [2.24, 2.45) is 5.73 Å². The molecule has 0 bridgehead atoms. The third-order valence-corrected chi connectivity index (χ3v) is 1.34. The summed E-state index contributed by atoms with van der Waals surface area (Å²) in [6, 6.07) is 4.81. The second-order valence-corrected chi connectivity index (χ2v) is 2.34. The van der Waals surface area contributed by atoms with Gasteiger partial charge in [-0.25, -0.2) is 0 Å². The van der Waals surface area contributed by atoms with Gasteiger partial charge in [0, 0.05) is 0 Å². The van der Waals surface area contributed by atoms with Gasteiger partial charge in [-0.3, -0.25) is 0 Å². The SMILES string of the molecule is [Li][c]1cc(F)cc(CN)c1. The Bertz CT molecular complexity index is 217. The molecule has 0 spiro atoms. The van der Waals surface area contributed by atoms with E-state index < -0.39 is 0 Å². The van der Waals surface area contributed by atoms with Gasteiger partial charge in [0.25, 0.3) is 0 Å². The van der Waals surface area contributed by atoms with Crippen molar-refractivity contribution >= 4 is 22.0 Å². The Kier molecular flexibility index (Phi) is 2.50. The van der Waals surface area contributed by atoms with Gasteiger partial charge >= 0.3 is 68.2 Å². The molecule has 48 valence electrons. The van der Waals surface area contributed by atoms with Gasteiger partial charge in [0.15, 0.2) is 0 Å². The summed E-state index contributed by atoms with van der Waals surface area (Å²) in [5.74, 6) is -0.208. The Balaban J connectivity index is 3.06. The molecule has 0 saturated heterocycles. The normalized spacial score (nSPS) is 10.0. The van der Waals surface area contributed by atoms with Crippen molar-refractivity contribution in [3.05, 3.63) is 29.6 Å². The molecule has 1 rings (SSSR count). The molecule has 0 radical (unpaired) electrons. The summed E-state index contributed by atoms with van der Waals surface area (Å²) >= 11 is 1.85. The van der Waals surface area contributed by atoms with E-state index in [2.05, 4.69) is 0 Å². The Labute approximate surface area is 68.6 Å². The van der Waals surface area contributed by atoms with Gasteiger partial charge in [-0.1, -0.05) is 0 Å². The molecule has 0 aliphatic carbocycles. The maximum absolute atomic E-state index is 12.6. The molecule has 3 heteroatoms. The van der Waals surface area contributed by atoms with E-state index in [1.165, 1.54) is 12.1 Å². The predicted molar refractivity (Wildman–Crippen MR) is 39.7 cm³/mol. The summed E-state index contributed by atoms with van der Waals surface area (Å²) in [6.07, 6.45) is 0. The molecule has 0 saturated carbocycles. The molecule has 0 heterocycles. The van der Waals surface area contributed by atoms with Crippen LogP contribution in [0.2, 0.25) is 0 Å². The summed E-state index contributed by atoms with van der Waals surface area (Å²) in [5.41, 5.74) is 6.17. The molecule has 1 aromatic rings. The van der Waals surface area contributed by atoms with Crippen molar-refractivity contribution in [1.29, 1.82) is 0 Å². The van der Waals surface area contributed by atoms with E-state index in [0.29, 0.717) is 6.54 Å². The van der Waals surface area contributed by atoms with Crippen molar-refractivity contribution in [2.45, 2.75) is 6.54 Å². The summed E-state index contributed by atoms with van der Waals surface area (Å²) in [7, 11) is 0. The van der Waals surface area contributed by atoms with E-state index in [4.69, 9.17) is 5.73 Å². The first-order chi connectivity index (χ1) is 4.72. The molecule has 0 aliphatic rings. The molecule has 1 nitrogen and oxygen atoms in total. The second-order valence-electron chi connectivity index (χ2n) is 2.34. The molecule has 2 N–H and O–H groups in total. The molecular weight excluding hydrogens is 124 g/mol. The standard InChI is InChI=1S/C7H7FN.Li/c8-7-3-1-2-6(4-7)5-9;/h2-4H,5,9H2;. The van der Waals surface area contributed by atoms with Gasteiger partial charge in [0.05, 0.1) is 0 Å².